The molecule has 0 heterocycles. The van der Waals surface area contributed by atoms with Gasteiger partial charge in [-0.25, -0.2) is 0 Å². The lowest BCUT2D eigenvalue weighted by Gasteiger charge is -2.45. The molecular formula is C17H21NO3. The summed E-state index contributed by atoms with van der Waals surface area (Å²) in [7, 11) is 0. The number of carboxylic acid groups (broad SMARTS) is 1. The van der Waals surface area contributed by atoms with E-state index in [4.69, 9.17) is 0 Å². The summed E-state index contributed by atoms with van der Waals surface area (Å²) >= 11 is 0. The third-order valence-corrected chi connectivity index (χ3v) is 5.13. The predicted molar refractivity (Wildman–Crippen MR) is 79.9 cm³/mol. The molecule has 0 spiro atoms. The highest BCUT2D eigenvalue weighted by atomic mass is 16.4. The lowest BCUT2D eigenvalue weighted by molar-refractivity contribution is -0.156. The molecule has 3 saturated carbocycles. The zero-order chi connectivity index (χ0) is 15.0. The van der Waals surface area contributed by atoms with E-state index in [0.29, 0.717) is 0 Å². The Morgan fingerprint density at radius 3 is 2.05 bits per heavy atom. The molecule has 2 bridgehead atoms. The molecule has 2 atom stereocenters. The number of benzene rings is 1. The van der Waals surface area contributed by atoms with Gasteiger partial charge in [0.05, 0.1) is 11.8 Å². The van der Waals surface area contributed by atoms with Crippen molar-refractivity contribution in [2.24, 2.45) is 23.7 Å². The van der Waals surface area contributed by atoms with Gasteiger partial charge in [0.15, 0.2) is 0 Å². The summed E-state index contributed by atoms with van der Waals surface area (Å²) in [5, 5.41) is 12.4. The zero-order valence-electron chi connectivity index (χ0n) is 12.2. The summed E-state index contributed by atoms with van der Waals surface area (Å²) in [6.45, 7) is 1.99. The Hall–Kier alpha value is -1.84. The first-order chi connectivity index (χ1) is 10.1. The Morgan fingerprint density at radius 2 is 1.52 bits per heavy atom. The van der Waals surface area contributed by atoms with E-state index in [2.05, 4.69) is 5.32 Å². The molecule has 0 aliphatic heterocycles. The van der Waals surface area contributed by atoms with E-state index < -0.39 is 11.9 Å². The summed E-state index contributed by atoms with van der Waals surface area (Å²) < 4.78 is 0. The number of carbonyl (C=O) groups excluding carboxylic acids is 1. The molecule has 4 rings (SSSR count). The maximum Gasteiger partial charge on any atom is 0.307 e. The van der Waals surface area contributed by atoms with Gasteiger partial charge < -0.3 is 10.4 Å². The molecule has 4 heteroatoms. The SMILES string of the molecule is Cc1ccc(NC(=O)C2C3CCC(CC3)C2C(=O)O)cc1. The van der Waals surface area contributed by atoms with Gasteiger partial charge in [-0.1, -0.05) is 17.7 Å². The number of anilines is 1. The van der Waals surface area contributed by atoms with Gasteiger partial charge in [-0.3, -0.25) is 9.59 Å². The van der Waals surface area contributed by atoms with Crippen LogP contribution in [-0.2, 0) is 9.59 Å². The van der Waals surface area contributed by atoms with Crippen molar-refractivity contribution in [3.8, 4) is 0 Å². The van der Waals surface area contributed by atoms with Crippen molar-refractivity contribution in [2.75, 3.05) is 5.32 Å². The maximum atomic E-state index is 12.6. The number of fused-ring (bicyclic) bond motifs is 3. The molecule has 3 fully saturated rings. The molecule has 21 heavy (non-hydrogen) atoms. The summed E-state index contributed by atoms with van der Waals surface area (Å²) in [4.78, 5) is 24.2. The zero-order valence-corrected chi connectivity index (χ0v) is 12.2. The first kappa shape index (κ1) is 14.1. The van der Waals surface area contributed by atoms with Gasteiger partial charge in [0.1, 0.15) is 0 Å². The van der Waals surface area contributed by atoms with Crippen LogP contribution in [0.1, 0.15) is 31.2 Å². The van der Waals surface area contributed by atoms with Crippen LogP contribution in [0.25, 0.3) is 0 Å². The molecule has 3 aliphatic carbocycles. The molecule has 1 amide bonds. The highest BCUT2D eigenvalue weighted by molar-refractivity contribution is 5.95. The fourth-order valence-corrected chi connectivity index (χ4v) is 4.04. The van der Waals surface area contributed by atoms with E-state index in [1.54, 1.807) is 0 Å². The largest absolute Gasteiger partial charge is 0.481 e. The van der Waals surface area contributed by atoms with Crippen LogP contribution in [0, 0.1) is 30.6 Å². The van der Waals surface area contributed by atoms with E-state index in [1.807, 2.05) is 31.2 Å². The average Bonchev–Trinajstić information content (AvgIpc) is 2.49. The number of hydrogen-bond donors (Lipinski definition) is 2. The van der Waals surface area contributed by atoms with Crippen LogP contribution in [-0.4, -0.2) is 17.0 Å². The average molecular weight is 287 g/mol. The van der Waals surface area contributed by atoms with Crippen LogP contribution >= 0.6 is 0 Å². The number of hydrogen-bond acceptors (Lipinski definition) is 2. The molecule has 2 unspecified atom stereocenters. The number of carbonyl (C=O) groups is 2. The van der Waals surface area contributed by atoms with Crippen LogP contribution in [0.2, 0.25) is 0 Å². The molecule has 2 N–H and O–H groups in total. The van der Waals surface area contributed by atoms with Gasteiger partial charge in [-0.05, 0) is 56.6 Å². The van der Waals surface area contributed by atoms with Gasteiger partial charge in [-0.2, -0.15) is 0 Å². The molecule has 112 valence electrons. The summed E-state index contributed by atoms with van der Waals surface area (Å²) in [5.74, 6) is -1.43. The minimum Gasteiger partial charge on any atom is -0.481 e. The Morgan fingerprint density at radius 1 is 1.00 bits per heavy atom. The quantitative estimate of drug-likeness (QED) is 0.898. The normalized spacial score (nSPS) is 30.9. The van der Waals surface area contributed by atoms with Crippen molar-refractivity contribution in [3.05, 3.63) is 29.8 Å². The fourth-order valence-electron chi connectivity index (χ4n) is 4.04. The highest BCUT2D eigenvalue weighted by Gasteiger charge is 2.50. The van der Waals surface area contributed by atoms with Crippen molar-refractivity contribution >= 4 is 17.6 Å². The minimum absolute atomic E-state index is 0.124. The Kier molecular flexibility index (Phi) is 3.70. The van der Waals surface area contributed by atoms with Crippen LogP contribution in [0.4, 0.5) is 5.69 Å². The maximum absolute atomic E-state index is 12.6. The van der Waals surface area contributed by atoms with Gasteiger partial charge in [0.25, 0.3) is 0 Å². The predicted octanol–water partition coefficient (Wildman–Crippen LogP) is 3.07. The molecule has 1 aromatic carbocycles. The molecule has 0 aromatic heterocycles. The van der Waals surface area contributed by atoms with Crippen molar-refractivity contribution < 1.29 is 14.7 Å². The van der Waals surface area contributed by atoms with E-state index in [9.17, 15) is 14.7 Å². The highest BCUT2D eigenvalue weighted by Crippen LogP contribution is 2.49. The number of carboxylic acids is 1. The second-order valence-electron chi connectivity index (χ2n) is 6.42. The van der Waals surface area contributed by atoms with Crippen molar-refractivity contribution in [1.29, 1.82) is 0 Å². The van der Waals surface area contributed by atoms with Crippen LogP contribution in [0.5, 0.6) is 0 Å². The van der Waals surface area contributed by atoms with Gasteiger partial charge >= 0.3 is 5.97 Å². The molecule has 0 radical (unpaired) electrons. The summed E-state index contributed by atoms with van der Waals surface area (Å²) in [6, 6.07) is 7.61. The van der Waals surface area contributed by atoms with Crippen molar-refractivity contribution in [2.45, 2.75) is 32.6 Å². The monoisotopic (exact) mass is 287 g/mol. The Labute approximate surface area is 124 Å². The lowest BCUT2D eigenvalue weighted by atomic mass is 9.58. The first-order valence-electron chi connectivity index (χ1n) is 7.66. The third-order valence-electron chi connectivity index (χ3n) is 5.13. The number of nitrogens with one attached hydrogen (secondary N) is 1. The van der Waals surface area contributed by atoms with E-state index in [1.165, 1.54) is 0 Å². The van der Waals surface area contributed by atoms with Gasteiger partial charge in [0.2, 0.25) is 5.91 Å². The second kappa shape index (κ2) is 5.51. The first-order valence-corrected chi connectivity index (χ1v) is 7.66. The third kappa shape index (κ3) is 2.67. The van der Waals surface area contributed by atoms with E-state index in [-0.39, 0.29) is 23.7 Å². The molecule has 1 aromatic rings. The Balaban J connectivity index is 1.78. The second-order valence-corrected chi connectivity index (χ2v) is 6.42. The van der Waals surface area contributed by atoms with Crippen LogP contribution in [0.15, 0.2) is 24.3 Å². The number of aliphatic carboxylic acids is 1. The minimum atomic E-state index is -0.812. The summed E-state index contributed by atoms with van der Waals surface area (Å²) in [6.07, 6.45) is 3.88. The number of amides is 1. The van der Waals surface area contributed by atoms with Gasteiger partial charge in [-0.15, -0.1) is 0 Å². The van der Waals surface area contributed by atoms with E-state index in [0.717, 1.165) is 36.9 Å². The Bertz CT molecular complexity index is 544. The smallest absolute Gasteiger partial charge is 0.307 e. The molecule has 0 saturated heterocycles. The molecular weight excluding hydrogens is 266 g/mol. The van der Waals surface area contributed by atoms with Crippen LogP contribution in [0.3, 0.4) is 0 Å². The van der Waals surface area contributed by atoms with E-state index >= 15 is 0 Å². The molecule has 4 nitrogen and oxygen atoms in total. The van der Waals surface area contributed by atoms with Crippen molar-refractivity contribution in [1.82, 2.24) is 0 Å². The number of rotatable bonds is 3. The fraction of sp³-hybridized carbons (Fsp3) is 0.529. The topological polar surface area (TPSA) is 66.4 Å². The molecule has 3 aliphatic rings. The lowest BCUT2D eigenvalue weighted by Crippen LogP contribution is -2.49. The van der Waals surface area contributed by atoms with Crippen LogP contribution < -0.4 is 5.32 Å². The standard InChI is InChI=1S/C17H21NO3/c1-10-2-8-13(9-3-10)18-16(19)14-11-4-6-12(7-5-11)15(14)17(20)21/h2-3,8-9,11-12,14-15H,4-7H2,1H3,(H,18,19)(H,20,21). The number of aryl methyl sites for hydroxylation is 1. The van der Waals surface area contributed by atoms with Gasteiger partial charge in [0, 0.05) is 5.69 Å². The summed E-state index contributed by atoms with van der Waals surface area (Å²) in [5.41, 5.74) is 1.88. The van der Waals surface area contributed by atoms with Crippen molar-refractivity contribution in [3.63, 3.8) is 0 Å².